The van der Waals surface area contributed by atoms with Crippen molar-refractivity contribution in [2.24, 2.45) is 17.8 Å². The Kier molecular flexibility index (Phi) is 5.01. The number of carbonyl (C=O) groups is 2. The summed E-state index contributed by atoms with van der Waals surface area (Å²) in [6, 6.07) is -0.00351. The molecule has 2 heterocycles. The second-order valence-corrected chi connectivity index (χ2v) is 7.31. The summed E-state index contributed by atoms with van der Waals surface area (Å²) < 4.78 is 0. The average molecular weight is 307 g/mol. The molecule has 0 spiro atoms. The predicted octanol–water partition coefficient (Wildman–Crippen LogP) is 1.14. The summed E-state index contributed by atoms with van der Waals surface area (Å²) in [6.45, 7) is 5.44. The molecule has 1 aliphatic carbocycles. The van der Waals surface area contributed by atoms with Crippen LogP contribution >= 0.6 is 0 Å². The molecule has 0 bridgehead atoms. The van der Waals surface area contributed by atoms with Crippen LogP contribution in [0, 0.1) is 17.8 Å². The van der Waals surface area contributed by atoms with Crippen LogP contribution in [0.1, 0.15) is 45.4 Å². The summed E-state index contributed by atoms with van der Waals surface area (Å²) in [6.07, 6.45) is 6.64. The third-order valence-electron chi connectivity index (χ3n) is 5.49. The largest absolute Gasteiger partial charge is 0.354 e. The zero-order chi connectivity index (χ0) is 15.5. The van der Waals surface area contributed by atoms with Crippen molar-refractivity contribution in [2.75, 3.05) is 26.2 Å². The fourth-order valence-electron chi connectivity index (χ4n) is 3.79. The third-order valence-corrected chi connectivity index (χ3v) is 5.49. The number of hydrogen-bond donors (Lipinski definition) is 2. The maximum absolute atomic E-state index is 12.5. The maximum atomic E-state index is 12.5. The Labute approximate surface area is 133 Å². The Balaban J connectivity index is 1.43. The zero-order valence-corrected chi connectivity index (χ0v) is 13.6. The SMILES string of the molecule is C[C@H](C(=O)N1CCC[C@H](CNC(=O)[C@@H]2CCCN2)C1)C1CC1. The van der Waals surface area contributed by atoms with E-state index in [1.54, 1.807) is 0 Å². The lowest BCUT2D eigenvalue weighted by molar-refractivity contribution is -0.137. The lowest BCUT2D eigenvalue weighted by atomic mass is 9.95. The number of nitrogens with one attached hydrogen (secondary N) is 2. The number of amides is 2. The van der Waals surface area contributed by atoms with Crippen LogP contribution in [0.2, 0.25) is 0 Å². The molecule has 0 aromatic carbocycles. The smallest absolute Gasteiger partial charge is 0.237 e. The van der Waals surface area contributed by atoms with Crippen molar-refractivity contribution in [1.82, 2.24) is 15.5 Å². The summed E-state index contributed by atoms with van der Waals surface area (Å²) in [5.41, 5.74) is 0. The van der Waals surface area contributed by atoms with Gasteiger partial charge in [-0.3, -0.25) is 9.59 Å². The van der Waals surface area contributed by atoms with Gasteiger partial charge in [-0.2, -0.15) is 0 Å². The summed E-state index contributed by atoms with van der Waals surface area (Å²) in [5, 5.41) is 6.31. The minimum atomic E-state index is -0.00351. The van der Waals surface area contributed by atoms with Crippen molar-refractivity contribution in [3.05, 3.63) is 0 Å². The highest BCUT2D eigenvalue weighted by molar-refractivity contribution is 5.82. The summed E-state index contributed by atoms with van der Waals surface area (Å²) >= 11 is 0. The Hall–Kier alpha value is -1.10. The molecule has 5 nitrogen and oxygen atoms in total. The quantitative estimate of drug-likeness (QED) is 0.801. The van der Waals surface area contributed by atoms with Crippen LogP contribution in [0.3, 0.4) is 0 Å². The van der Waals surface area contributed by atoms with Gasteiger partial charge in [0, 0.05) is 25.6 Å². The second-order valence-electron chi connectivity index (χ2n) is 7.31. The summed E-state index contributed by atoms with van der Waals surface area (Å²) in [5.74, 6) is 1.69. The topological polar surface area (TPSA) is 61.4 Å². The van der Waals surface area contributed by atoms with Crippen LogP contribution in [-0.2, 0) is 9.59 Å². The molecule has 0 radical (unpaired) electrons. The fourth-order valence-corrected chi connectivity index (χ4v) is 3.79. The Morgan fingerprint density at radius 1 is 1.23 bits per heavy atom. The third kappa shape index (κ3) is 3.80. The zero-order valence-electron chi connectivity index (χ0n) is 13.6. The van der Waals surface area contributed by atoms with Crippen LogP contribution in [-0.4, -0.2) is 48.9 Å². The standard InChI is InChI=1S/C17H29N3O2/c1-12(14-6-7-14)17(22)20-9-3-4-13(11-20)10-19-16(21)15-5-2-8-18-15/h12-15,18H,2-11H2,1H3,(H,19,21)/t12-,13+,15-/m0/s1. The molecule has 2 amide bonds. The first-order valence-corrected chi connectivity index (χ1v) is 8.95. The van der Waals surface area contributed by atoms with Gasteiger partial charge in [0.2, 0.25) is 11.8 Å². The van der Waals surface area contributed by atoms with Crippen LogP contribution in [0.15, 0.2) is 0 Å². The molecule has 3 fully saturated rings. The maximum Gasteiger partial charge on any atom is 0.237 e. The molecular weight excluding hydrogens is 278 g/mol. The van der Waals surface area contributed by atoms with Gasteiger partial charge >= 0.3 is 0 Å². The van der Waals surface area contributed by atoms with E-state index in [-0.39, 0.29) is 17.9 Å². The number of piperidine rings is 1. The van der Waals surface area contributed by atoms with Gasteiger partial charge in [-0.05, 0) is 56.9 Å². The first-order valence-electron chi connectivity index (χ1n) is 8.95. The summed E-state index contributed by atoms with van der Waals surface area (Å²) in [7, 11) is 0. The first-order chi connectivity index (χ1) is 10.6. The summed E-state index contributed by atoms with van der Waals surface area (Å²) in [4.78, 5) is 26.6. The van der Waals surface area contributed by atoms with E-state index < -0.39 is 0 Å². The number of likely N-dealkylation sites (tertiary alicyclic amines) is 1. The molecule has 0 aromatic heterocycles. The van der Waals surface area contributed by atoms with Crippen molar-refractivity contribution in [2.45, 2.75) is 51.5 Å². The van der Waals surface area contributed by atoms with Crippen molar-refractivity contribution < 1.29 is 9.59 Å². The van der Waals surface area contributed by atoms with E-state index in [0.717, 1.165) is 45.3 Å². The normalized spacial score (nSPS) is 30.1. The van der Waals surface area contributed by atoms with Gasteiger partial charge in [0.05, 0.1) is 6.04 Å². The first kappa shape index (κ1) is 15.8. The molecule has 2 N–H and O–H groups in total. The Morgan fingerprint density at radius 3 is 2.73 bits per heavy atom. The van der Waals surface area contributed by atoms with Gasteiger partial charge in [0.15, 0.2) is 0 Å². The minimum absolute atomic E-state index is 0.00351. The number of hydrogen-bond acceptors (Lipinski definition) is 3. The van der Waals surface area contributed by atoms with Gasteiger partial charge in [0.1, 0.15) is 0 Å². The van der Waals surface area contributed by atoms with E-state index in [0.29, 0.717) is 24.3 Å². The Morgan fingerprint density at radius 2 is 2.05 bits per heavy atom. The predicted molar refractivity (Wildman–Crippen MR) is 85.2 cm³/mol. The van der Waals surface area contributed by atoms with Gasteiger partial charge in [-0.25, -0.2) is 0 Å². The lowest BCUT2D eigenvalue weighted by Crippen LogP contribution is -2.47. The lowest BCUT2D eigenvalue weighted by Gasteiger charge is -2.34. The van der Waals surface area contributed by atoms with Crippen molar-refractivity contribution in [3.63, 3.8) is 0 Å². The van der Waals surface area contributed by atoms with Crippen molar-refractivity contribution in [1.29, 1.82) is 0 Å². The van der Waals surface area contributed by atoms with E-state index in [2.05, 4.69) is 17.6 Å². The molecule has 0 aromatic rings. The fraction of sp³-hybridized carbons (Fsp3) is 0.882. The van der Waals surface area contributed by atoms with Gasteiger partial charge in [-0.1, -0.05) is 6.92 Å². The highest BCUT2D eigenvalue weighted by atomic mass is 16.2. The molecule has 3 atom stereocenters. The molecule has 3 aliphatic rings. The van der Waals surface area contributed by atoms with Crippen molar-refractivity contribution in [3.8, 4) is 0 Å². The van der Waals surface area contributed by atoms with Crippen LogP contribution < -0.4 is 10.6 Å². The van der Waals surface area contributed by atoms with Crippen LogP contribution in [0.25, 0.3) is 0 Å². The molecule has 2 saturated heterocycles. The highest BCUT2D eigenvalue weighted by Gasteiger charge is 2.36. The molecule has 22 heavy (non-hydrogen) atoms. The second kappa shape index (κ2) is 6.99. The monoisotopic (exact) mass is 307 g/mol. The molecule has 3 rings (SSSR count). The van der Waals surface area contributed by atoms with Gasteiger partial charge in [0.25, 0.3) is 0 Å². The van der Waals surface area contributed by atoms with E-state index in [1.165, 1.54) is 12.8 Å². The molecule has 124 valence electrons. The molecule has 1 saturated carbocycles. The Bertz CT molecular complexity index is 416. The highest BCUT2D eigenvalue weighted by Crippen LogP contribution is 2.37. The van der Waals surface area contributed by atoms with Crippen LogP contribution in [0.4, 0.5) is 0 Å². The molecule has 2 aliphatic heterocycles. The van der Waals surface area contributed by atoms with E-state index in [9.17, 15) is 9.59 Å². The van der Waals surface area contributed by atoms with Crippen molar-refractivity contribution >= 4 is 11.8 Å². The van der Waals surface area contributed by atoms with E-state index >= 15 is 0 Å². The number of carbonyl (C=O) groups excluding carboxylic acids is 2. The molecular formula is C17H29N3O2. The minimum Gasteiger partial charge on any atom is -0.354 e. The average Bonchev–Trinajstić information content (AvgIpc) is 3.25. The molecule has 5 heteroatoms. The van der Waals surface area contributed by atoms with Gasteiger partial charge in [-0.15, -0.1) is 0 Å². The van der Waals surface area contributed by atoms with E-state index in [1.807, 2.05) is 4.90 Å². The molecule has 0 unspecified atom stereocenters. The van der Waals surface area contributed by atoms with Crippen LogP contribution in [0.5, 0.6) is 0 Å². The van der Waals surface area contributed by atoms with Gasteiger partial charge < -0.3 is 15.5 Å². The number of nitrogens with zero attached hydrogens (tertiary/aromatic N) is 1. The number of rotatable bonds is 5. The van der Waals surface area contributed by atoms with E-state index in [4.69, 9.17) is 0 Å².